The average Bonchev–Trinajstić information content (AvgIpc) is 3.09. The van der Waals surface area contributed by atoms with Gasteiger partial charge in [-0.15, -0.1) is 0 Å². The van der Waals surface area contributed by atoms with Crippen molar-refractivity contribution < 1.29 is 19.1 Å². The number of halogens is 1. The Bertz CT molecular complexity index is 749. The molecular formula is C20H25ClN2O4. The standard InChI is InChI=1S/C20H25ClN2O4/c1-13(2)15-9-16(21)14(3)8-17(15)26-11-19(25)27-10-18(24)23-20(12-22)6-4-5-7-20/h8-9,13H,4-7,10-11H2,1-3H3,(H,23,24). The van der Waals surface area contributed by atoms with E-state index in [0.717, 1.165) is 24.0 Å². The van der Waals surface area contributed by atoms with Gasteiger partial charge in [-0.3, -0.25) is 4.79 Å². The number of carbonyl (C=O) groups is 2. The zero-order valence-corrected chi connectivity index (χ0v) is 16.7. The second-order valence-corrected chi connectivity index (χ2v) is 7.60. The molecule has 0 spiro atoms. The van der Waals surface area contributed by atoms with Crippen LogP contribution in [-0.2, 0) is 14.3 Å². The van der Waals surface area contributed by atoms with Crippen LogP contribution in [0.2, 0.25) is 5.02 Å². The number of carbonyl (C=O) groups excluding carboxylic acids is 2. The van der Waals surface area contributed by atoms with Crippen molar-refractivity contribution in [2.45, 2.75) is 57.9 Å². The number of ether oxygens (including phenoxy) is 2. The molecule has 1 fully saturated rings. The van der Waals surface area contributed by atoms with Crippen LogP contribution in [-0.4, -0.2) is 30.6 Å². The Hall–Kier alpha value is -2.26. The molecule has 1 saturated carbocycles. The smallest absolute Gasteiger partial charge is 0.344 e. The van der Waals surface area contributed by atoms with E-state index in [0.29, 0.717) is 23.6 Å². The fourth-order valence-electron chi connectivity index (χ4n) is 3.12. The lowest BCUT2D eigenvalue weighted by Crippen LogP contribution is -2.46. The van der Waals surface area contributed by atoms with E-state index >= 15 is 0 Å². The van der Waals surface area contributed by atoms with E-state index in [1.807, 2.05) is 26.8 Å². The lowest BCUT2D eigenvalue weighted by molar-refractivity contribution is -0.150. The summed E-state index contributed by atoms with van der Waals surface area (Å²) in [5.74, 6) is -0.377. The van der Waals surface area contributed by atoms with E-state index in [-0.39, 0.29) is 12.5 Å². The molecule has 1 amide bonds. The molecule has 0 aromatic heterocycles. The number of esters is 1. The van der Waals surface area contributed by atoms with Gasteiger partial charge in [-0.25, -0.2) is 4.79 Å². The number of rotatable bonds is 7. The predicted octanol–water partition coefficient (Wildman–Crippen LogP) is 3.65. The van der Waals surface area contributed by atoms with Gasteiger partial charge >= 0.3 is 5.97 Å². The minimum atomic E-state index is -0.826. The van der Waals surface area contributed by atoms with Crippen molar-refractivity contribution in [3.8, 4) is 11.8 Å². The molecule has 1 aliphatic carbocycles. The highest BCUT2D eigenvalue weighted by atomic mass is 35.5. The Morgan fingerprint density at radius 3 is 2.56 bits per heavy atom. The zero-order valence-electron chi connectivity index (χ0n) is 15.9. The van der Waals surface area contributed by atoms with Crippen molar-refractivity contribution in [3.05, 3.63) is 28.3 Å². The highest BCUT2D eigenvalue weighted by Crippen LogP contribution is 2.32. The third kappa shape index (κ3) is 5.61. The number of benzene rings is 1. The lowest BCUT2D eigenvalue weighted by Gasteiger charge is -2.21. The largest absolute Gasteiger partial charge is 0.482 e. The zero-order chi connectivity index (χ0) is 20.0. The van der Waals surface area contributed by atoms with Crippen LogP contribution in [0.25, 0.3) is 0 Å². The Labute approximate surface area is 164 Å². The molecule has 0 aliphatic heterocycles. The lowest BCUT2D eigenvalue weighted by atomic mass is 10.00. The quantitative estimate of drug-likeness (QED) is 0.715. The van der Waals surface area contributed by atoms with Crippen molar-refractivity contribution in [3.63, 3.8) is 0 Å². The van der Waals surface area contributed by atoms with Crippen LogP contribution in [0.1, 0.15) is 56.6 Å². The third-order valence-corrected chi connectivity index (χ3v) is 5.08. The van der Waals surface area contributed by atoms with Gasteiger partial charge in [0.25, 0.3) is 5.91 Å². The minimum Gasteiger partial charge on any atom is -0.482 e. The monoisotopic (exact) mass is 392 g/mol. The molecule has 0 unspecified atom stereocenters. The van der Waals surface area contributed by atoms with Crippen molar-refractivity contribution in [1.82, 2.24) is 5.32 Å². The molecule has 1 N–H and O–H groups in total. The van der Waals surface area contributed by atoms with E-state index in [9.17, 15) is 14.9 Å². The molecule has 0 radical (unpaired) electrons. The molecule has 1 aromatic carbocycles. The maximum absolute atomic E-state index is 12.0. The van der Waals surface area contributed by atoms with Crippen LogP contribution in [0.5, 0.6) is 5.75 Å². The van der Waals surface area contributed by atoms with Gasteiger partial charge in [-0.1, -0.05) is 25.4 Å². The minimum absolute atomic E-state index is 0.175. The summed E-state index contributed by atoms with van der Waals surface area (Å²) in [6, 6.07) is 5.78. The molecule has 1 aliphatic rings. The summed E-state index contributed by atoms with van der Waals surface area (Å²) < 4.78 is 10.6. The Morgan fingerprint density at radius 1 is 1.30 bits per heavy atom. The van der Waals surface area contributed by atoms with Gasteiger partial charge in [-0.05, 0) is 61.8 Å². The summed E-state index contributed by atoms with van der Waals surface area (Å²) in [6.07, 6.45) is 3.06. The first-order valence-electron chi connectivity index (χ1n) is 9.07. The molecule has 146 valence electrons. The van der Waals surface area contributed by atoms with Gasteiger partial charge in [0.05, 0.1) is 6.07 Å². The number of hydrogen-bond acceptors (Lipinski definition) is 5. The van der Waals surface area contributed by atoms with Gasteiger partial charge in [0.2, 0.25) is 0 Å². The molecule has 27 heavy (non-hydrogen) atoms. The summed E-state index contributed by atoms with van der Waals surface area (Å²) in [5.41, 5.74) is 0.919. The SMILES string of the molecule is Cc1cc(OCC(=O)OCC(=O)NC2(C#N)CCCC2)c(C(C)C)cc1Cl. The van der Waals surface area contributed by atoms with Gasteiger partial charge < -0.3 is 14.8 Å². The first-order chi connectivity index (χ1) is 12.8. The molecular weight excluding hydrogens is 368 g/mol. The fraction of sp³-hybridized carbons (Fsp3) is 0.550. The van der Waals surface area contributed by atoms with Crippen LogP contribution in [0.15, 0.2) is 12.1 Å². The van der Waals surface area contributed by atoms with Crippen LogP contribution >= 0.6 is 11.6 Å². The summed E-state index contributed by atoms with van der Waals surface area (Å²) >= 11 is 6.16. The molecule has 0 bridgehead atoms. The fourth-order valence-corrected chi connectivity index (χ4v) is 3.29. The second kappa shape index (κ2) is 9.09. The van der Waals surface area contributed by atoms with E-state index in [4.69, 9.17) is 21.1 Å². The summed E-state index contributed by atoms with van der Waals surface area (Å²) in [5, 5.41) is 12.6. The maximum Gasteiger partial charge on any atom is 0.344 e. The van der Waals surface area contributed by atoms with E-state index < -0.39 is 24.0 Å². The van der Waals surface area contributed by atoms with E-state index in [1.165, 1.54) is 0 Å². The van der Waals surface area contributed by atoms with E-state index in [2.05, 4.69) is 11.4 Å². The van der Waals surface area contributed by atoms with Crippen molar-refractivity contribution in [2.75, 3.05) is 13.2 Å². The van der Waals surface area contributed by atoms with Gasteiger partial charge in [0.1, 0.15) is 11.3 Å². The summed E-state index contributed by atoms with van der Waals surface area (Å²) in [4.78, 5) is 23.9. The number of aryl methyl sites for hydroxylation is 1. The summed E-state index contributed by atoms with van der Waals surface area (Å²) in [7, 11) is 0. The number of nitriles is 1. The van der Waals surface area contributed by atoms with Crippen LogP contribution in [0.4, 0.5) is 0 Å². The Balaban J connectivity index is 1.85. The maximum atomic E-state index is 12.0. The first kappa shape index (κ1) is 21.0. The third-order valence-electron chi connectivity index (χ3n) is 4.67. The molecule has 6 nitrogen and oxygen atoms in total. The topological polar surface area (TPSA) is 88.4 Å². The highest BCUT2D eigenvalue weighted by molar-refractivity contribution is 6.31. The molecule has 0 heterocycles. The average molecular weight is 393 g/mol. The Morgan fingerprint density at radius 2 is 1.96 bits per heavy atom. The van der Waals surface area contributed by atoms with Gasteiger partial charge in [0.15, 0.2) is 13.2 Å². The van der Waals surface area contributed by atoms with Crippen LogP contribution in [0, 0.1) is 18.3 Å². The normalized spacial score (nSPS) is 15.3. The van der Waals surface area contributed by atoms with Crippen LogP contribution < -0.4 is 10.1 Å². The predicted molar refractivity (Wildman–Crippen MR) is 102 cm³/mol. The number of amides is 1. The van der Waals surface area contributed by atoms with Crippen molar-refractivity contribution >= 4 is 23.5 Å². The van der Waals surface area contributed by atoms with Crippen LogP contribution in [0.3, 0.4) is 0 Å². The first-order valence-corrected chi connectivity index (χ1v) is 9.45. The molecule has 7 heteroatoms. The Kier molecular flexibility index (Phi) is 7.09. The number of nitrogens with zero attached hydrogens (tertiary/aromatic N) is 1. The summed E-state index contributed by atoms with van der Waals surface area (Å²) in [6.45, 7) is 5.13. The van der Waals surface area contributed by atoms with Gasteiger partial charge in [-0.2, -0.15) is 5.26 Å². The number of hydrogen-bond donors (Lipinski definition) is 1. The second-order valence-electron chi connectivity index (χ2n) is 7.19. The molecule has 2 rings (SSSR count). The van der Waals surface area contributed by atoms with Crippen molar-refractivity contribution in [1.29, 1.82) is 5.26 Å². The van der Waals surface area contributed by atoms with Crippen molar-refractivity contribution in [2.24, 2.45) is 0 Å². The highest BCUT2D eigenvalue weighted by Gasteiger charge is 2.35. The molecule has 0 saturated heterocycles. The number of nitrogens with one attached hydrogen (secondary N) is 1. The molecule has 0 atom stereocenters. The molecule has 1 aromatic rings. The van der Waals surface area contributed by atoms with Gasteiger partial charge in [0, 0.05) is 5.02 Å². The van der Waals surface area contributed by atoms with E-state index in [1.54, 1.807) is 6.07 Å².